The molecule has 0 fully saturated rings. The summed E-state index contributed by atoms with van der Waals surface area (Å²) in [5.74, 6) is 0. The highest BCUT2D eigenvalue weighted by atomic mass is 15.3. The summed E-state index contributed by atoms with van der Waals surface area (Å²) >= 11 is 0. The highest BCUT2D eigenvalue weighted by Gasteiger charge is 2.03. The van der Waals surface area contributed by atoms with E-state index in [2.05, 4.69) is 47.3 Å². The van der Waals surface area contributed by atoms with Crippen molar-refractivity contribution in [3.63, 3.8) is 0 Å². The summed E-state index contributed by atoms with van der Waals surface area (Å²) in [6, 6.07) is 4.19. The van der Waals surface area contributed by atoms with Crippen LogP contribution in [0, 0.1) is 6.92 Å². The van der Waals surface area contributed by atoms with Crippen LogP contribution in [0.25, 0.3) is 0 Å². The third-order valence-corrected chi connectivity index (χ3v) is 3.01. The van der Waals surface area contributed by atoms with Gasteiger partial charge in [0.1, 0.15) is 0 Å². The molecule has 0 aliphatic heterocycles. The molecule has 4 heteroatoms. The van der Waals surface area contributed by atoms with Crippen LogP contribution in [0.2, 0.25) is 0 Å². The Balaban J connectivity index is 1.89. The predicted octanol–water partition coefficient (Wildman–Crippen LogP) is 1.36. The van der Waals surface area contributed by atoms with E-state index in [1.54, 1.807) is 0 Å². The molecular formula is C12H18N4. The van der Waals surface area contributed by atoms with Gasteiger partial charge in [-0.1, -0.05) is 0 Å². The molecule has 0 aliphatic carbocycles. The quantitative estimate of drug-likeness (QED) is 0.841. The second kappa shape index (κ2) is 4.53. The Kier molecular flexibility index (Phi) is 3.10. The summed E-state index contributed by atoms with van der Waals surface area (Å²) in [7, 11) is 4.03. The van der Waals surface area contributed by atoms with Crippen molar-refractivity contribution in [2.24, 2.45) is 14.1 Å². The molecule has 2 rings (SSSR count). The van der Waals surface area contributed by atoms with Crippen LogP contribution >= 0.6 is 0 Å². The van der Waals surface area contributed by atoms with Gasteiger partial charge in [-0.3, -0.25) is 4.68 Å². The first kappa shape index (κ1) is 11.0. The van der Waals surface area contributed by atoms with Gasteiger partial charge in [0.2, 0.25) is 0 Å². The Bertz CT molecular complexity index is 467. The molecule has 0 spiro atoms. The topological polar surface area (TPSA) is 34.8 Å². The fraction of sp³-hybridized carbons (Fsp3) is 0.417. The number of hydrogen-bond acceptors (Lipinski definition) is 2. The van der Waals surface area contributed by atoms with E-state index >= 15 is 0 Å². The highest BCUT2D eigenvalue weighted by Crippen LogP contribution is 2.05. The monoisotopic (exact) mass is 218 g/mol. The maximum atomic E-state index is 4.22. The number of hydrogen-bond donors (Lipinski definition) is 1. The van der Waals surface area contributed by atoms with Crippen LogP contribution in [0.4, 0.5) is 0 Å². The van der Waals surface area contributed by atoms with E-state index in [0.29, 0.717) is 0 Å². The molecule has 0 saturated carbocycles. The second-order valence-corrected chi connectivity index (χ2v) is 4.09. The fourth-order valence-corrected chi connectivity index (χ4v) is 1.72. The largest absolute Gasteiger partial charge is 0.353 e. The third-order valence-electron chi connectivity index (χ3n) is 3.01. The summed E-state index contributed by atoms with van der Waals surface area (Å²) in [4.78, 5) is 0. The minimum atomic E-state index is 0.866. The lowest BCUT2D eigenvalue weighted by Gasteiger charge is -2.05. The first-order chi connectivity index (χ1) is 7.68. The van der Waals surface area contributed by atoms with Crippen molar-refractivity contribution in [2.75, 3.05) is 0 Å². The normalized spacial score (nSPS) is 10.9. The van der Waals surface area contributed by atoms with Crippen LogP contribution in [-0.4, -0.2) is 14.3 Å². The summed E-state index contributed by atoms with van der Waals surface area (Å²) < 4.78 is 4.03. The van der Waals surface area contributed by atoms with Crippen LogP contribution in [0.5, 0.6) is 0 Å². The van der Waals surface area contributed by atoms with E-state index in [-0.39, 0.29) is 0 Å². The number of rotatable bonds is 4. The van der Waals surface area contributed by atoms with E-state index in [9.17, 15) is 0 Å². The molecule has 2 aromatic rings. The Morgan fingerprint density at radius 2 is 2.12 bits per heavy atom. The molecule has 86 valence electrons. The maximum absolute atomic E-state index is 4.22. The molecule has 0 amide bonds. The van der Waals surface area contributed by atoms with Crippen molar-refractivity contribution in [1.29, 1.82) is 0 Å². The molecule has 0 radical (unpaired) electrons. The zero-order chi connectivity index (χ0) is 11.5. The molecule has 0 aromatic carbocycles. The molecule has 2 heterocycles. The van der Waals surface area contributed by atoms with Gasteiger partial charge < -0.3 is 9.88 Å². The van der Waals surface area contributed by atoms with E-state index in [1.807, 2.05) is 17.9 Å². The molecule has 0 aliphatic rings. The Hall–Kier alpha value is -1.55. The van der Waals surface area contributed by atoms with E-state index in [0.717, 1.165) is 13.1 Å². The van der Waals surface area contributed by atoms with Crippen molar-refractivity contribution >= 4 is 0 Å². The zero-order valence-electron chi connectivity index (χ0n) is 10.1. The summed E-state index contributed by atoms with van der Waals surface area (Å²) in [6.07, 6.45) is 3.99. The van der Waals surface area contributed by atoms with Gasteiger partial charge in [-0.25, -0.2) is 0 Å². The third kappa shape index (κ3) is 2.17. The van der Waals surface area contributed by atoms with Gasteiger partial charge >= 0.3 is 0 Å². The van der Waals surface area contributed by atoms with Crippen LogP contribution in [0.3, 0.4) is 0 Å². The highest BCUT2D eigenvalue weighted by molar-refractivity contribution is 5.15. The number of aromatic nitrogens is 3. The molecule has 16 heavy (non-hydrogen) atoms. The van der Waals surface area contributed by atoms with Crippen LogP contribution in [-0.2, 0) is 27.2 Å². The smallest absolute Gasteiger partial charge is 0.0537 e. The number of nitrogens with zero attached hydrogens (tertiary/aromatic N) is 3. The van der Waals surface area contributed by atoms with Crippen molar-refractivity contribution < 1.29 is 0 Å². The second-order valence-electron chi connectivity index (χ2n) is 4.09. The molecular weight excluding hydrogens is 200 g/mol. The van der Waals surface area contributed by atoms with Gasteiger partial charge in [-0.2, -0.15) is 5.10 Å². The summed E-state index contributed by atoms with van der Waals surface area (Å²) in [6.45, 7) is 3.84. The maximum Gasteiger partial charge on any atom is 0.0537 e. The number of aryl methyl sites for hydroxylation is 2. The molecule has 1 N–H and O–H groups in total. The standard InChI is InChI=1S/C12H18N4/c1-10-11(8-14-16(10)3)7-13-9-12-5-4-6-15(12)2/h4-6,8,13H,7,9H2,1-3H3. The van der Waals surface area contributed by atoms with Crippen LogP contribution < -0.4 is 5.32 Å². The molecule has 0 unspecified atom stereocenters. The molecule has 2 aromatic heterocycles. The Morgan fingerprint density at radius 1 is 1.31 bits per heavy atom. The van der Waals surface area contributed by atoms with Crippen molar-refractivity contribution in [3.05, 3.63) is 41.5 Å². The van der Waals surface area contributed by atoms with Gasteiger partial charge in [-0.15, -0.1) is 0 Å². The predicted molar refractivity (Wildman–Crippen MR) is 63.9 cm³/mol. The van der Waals surface area contributed by atoms with Crippen molar-refractivity contribution in [1.82, 2.24) is 19.7 Å². The van der Waals surface area contributed by atoms with E-state index in [1.165, 1.54) is 17.0 Å². The average molecular weight is 218 g/mol. The Morgan fingerprint density at radius 3 is 2.69 bits per heavy atom. The SMILES string of the molecule is Cc1c(CNCc2cccn2C)cnn1C. The lowest BCUT2D eigenvalue weighted by molar-refractivity contribution is 0.651. The fourth-order valence-electron chi connectivity index (χ4n) is 1.72. The van der Waals surface area contributed by atoms with Crippen molar-refractivity contribution in [2.45, 2.75) is 20.0 Å². The summed E-state index contributed by atoms with van der Waals surface area (Å²) in [5.41, 5.74) is 3.78. The number of nitrogens with one attached hydrogen (secondary N) is 1. The van der Waals surface area contributed by atoms with E-state index < -0.39 is 0 Å². The average Bonchev–Trinajstić information content (AvgIpc) is 2.80. The molecule has 0 bridgehead atoms. The van der Waals surface area contributed by atoms with Gasteiger partial charge in [0.25, 0.3) is 0 Å². The van der Waals surface area contributed by atoms with Crippen LogP contribution in [0.15, 0.2) is 24.5 Å². The van der Waals surface area contributed by atoms with Gasteiger partial charge in [-0.05, 0) is 19.1 Å². The van der Waals surface area contributed by atoms with Crippen molar-refractivity contribution in [3.8, 4) is 0 Å². The minimum Gasteiger partial charge on any atom is -0.353 e. The lowest BCUT2D eigenvalue weighted by Crippen LogP contribution is -2.15. The molecule has 0 saturated heterocycles. The van der Waals surface area contributed by atoms with Gasteiger partial charge in [0.15, 0.2) is 0 Å². The van der Waals surface area contributed by atoms with Crippen LogP contribution in [0.1, 0.15) is 17.0 Å². The lowest BCUT2D eigenvalue weighted by atomic mass is 10.2. The first-order valence-electron chi connectivity index (χ1n) is 5.47. The first-order valence-corrected chi connectivity index (χ1v) is 5.47. The van der Waals surface area contributed by atoms with E-state index in [4.69, 9.17) is 0 Å². The molecule has 0 atom stereocenters. The van der Waals surface area contributed by atoms with Gasteiger partial charge in [0.05, 0.1) is 6.20 Å². The molecule has 4 nitrogen and oxygen atoms in total. The summed E-state index contributed by atoms with van der Waals surface area (Å²) in [5, 5.41) is 7.65. The Labute approximate surface area is 95.9 Å². The zero-order valence-corrected chi connectivity index (χ0v) is 10.1. The van der Waals surface area contributed by atoms with Gasteiger partial charge in [0, 0.05) is 50.3 Å². The minimum absolute atomic E-state index is 0.866.